The van der Waals surface area contributed by atoms with Gasteiger partial charge in [0.25, 0.3) is 0 Å². The lowest BCUT2D eigenvalue weighted by molar-refractivity contribution is 0.610. The molecule has 3 heteroatoms. The second-order valence-corrected chi connectivity index (χ2v) is 5.19. The molecule has 0 aliphatic carbocycles. The fourth-order valence-corrected chi connectivity index (χ4v) is 2.12. The van der Waals surface area contributed by atoms with Crippen LogP contribution in [0.25, 0.3) is 10.4 Å². The van der Waals surface area contributed by atoms with Gasteiger partial charge in [-0.1, -0.05) is 69.1 Å². The Balaban J connectivity index is 3.06. The first kappa shape index (κ1) is 18.0. The summed E-state index contributed by atoms with van der Waals surface area (Å²) in [5.41, 5.74) is 8.12. The largest absolute Gasteiger partial charge is 0.0940 e. The third-order valence-electron chi connectivity index (χ3n) is 3.33. The van der Waals surface area contributed by atoms with Crippen molar-refractivity contribution in [3.05, 3.63) is 22.6 Å². The van der Waals surface area contributed by atoms with E-state index in [1.165, 1.54) is 70.6 Å². The van der Waals surface area contributed by atoms with Crippen LogP contribution in [0.2, 0.25) is 0 Å². The number of hydrogen-bond acceptors (Lipinski definition) is 1. The van der Waals surface area contributed by atoms with E-state index < -0.39 is 0 Å². The maximum Gasteiger partial charge on any atom is 0.0257 e. The third kappa shape index (κ3) is 17.1. The van der Waals surface area contributed by atoms with Crippen LogP contribution in [0.1, 0.15) is 84.0 Å². The molecule has 0 aromatic carbocycles. The zero-order valence-corrected chi connectivity index (χ0v) is 12.7. The summed E-state index contributed by atoms with van der Waals surface area (Å²) in [6.45, 7) is 2.92. The van der Waals surface area contributed by atoms with Gasteiger partial charge in [-0.2, -0.15) is 0 Å². The number of nitrogens with zero attached hydrogens (tertiary/aromatic N) is 3. The predicted molar refractivity (Wildman–Crippen MR) is 84.2 cm³/mol. The van der Waals surface area contributed by atoms with Crippen molar-refractivity contribution in [1.82, 2.24) is 0 Å². The average Bonchev–Trinajstić information content (AvgIpc) is 2.43. The molecule has 3 nitrogen and oxygen atoms in total. The molecule has 110 valence electrons. The number of unbranched alkanes of at least 4 members (excludes halogenated alkanes) is 10. The highest BCUT2D eigenvalue weighted by Gasteiger charge is 1.89. The zero-order valence-electron chi connectivity index (χ0n) is 12.7. The molecule has 0 aromatic heterocycles. The van der Waals surface area contributed by atoms with E-state index in [4.69, 9.17) is 5.53 Å². The minimum Gasteiger partial charge on any atom is -0.0940 e. The molecule has 0 heterocycles. The van der Waals surface area contributed by atoms with Crippen LogP contribution in [0.15, 0.2) is 17.3 Å². The highest BCUT2D eigenvalue weighted by atomic mass is 15.1. The normalized spacial score (nSPS) is 10.8. The molecule has 0 aliphatic rings. The summed E-state index contributed by atoms with van der Waals surface area (Å²) in [5, 5.41) is 3.53. The predicted octanol–water partition coefficient (Wildman–Crippen LogP) is 6.55. The van der Waals surface area contributed by atoms with Crippen LogP contribution in [0.3, 0.4) is 0 Å². The first-order chi connectivity index (χ1) is 9.41. The Morgan fingerprint density at radius 1 is 0.789 bits per heavy atom. The lowest BCUT2D eigenvalue weighted by Crippen LogP contribution is -1.81. The Hall–Kier alpha value is -0.950. The van der Waals surface area contributed by atoms with Gasteiger partial charge in [0.05, 0.1) is 0 Å². The summed E-state index contributed by atoms with van der Waals surface area (Å²) in [6.07, 6.45) is 20.2. The zero-order chi connectivity index (χ0) is 14.0. The quantitative estimate of drug-likeness (QED) is 0.112. The lowest BCUT2D eigenvalue weighted by Gasteiger charge is -1.98. The molecule has 0 saturated carbocycles. The van der Waals surface area contributed by atoms with Crippen molar-refractivity contribution in [1.29, 1.82) is 0 Å². The lowest BCUT2D eigenvalue weighted by atomic mass is 10.1. The molecular weight excluding hydrogens is 234 g/mol. The van der Waals surface area contributed by atoms with E-state index in [0.29, 0.717) is 6.54 Å². The van der Waals surface area contributed by atoms with E-state index in [0.717, 1.165) is 6.42 Å². The van der Waals surface area contributed by atoms with E-state index in [9.17, 15) is 0 Å². The van der Waals surface area contributed by atoms with Gasteiger partial charge in [0.15, 0.2) is 0 Å². The first-order valence-corrected chi connectivity index (χ1v) is 8.07. The number of allylic oxidation sites excluding steroid dienone is 2. The standard InChI is InChI=1S/C16H31N3/c1-2-3-4-5-6-7-8-9-10-11-12-13-14-15-16-18-19-17/h9-10H,2-8,11-16H2,1H3. The molecular formula is C16H31N3. The molecule has 0 amide bonds. The smallest absolute Gasteiger partial charge is 0.0257 e. The van der Waals surface area contributed by atoms with E-state index in [1.54, 1.807) is 0 Å². The Morgan fingerprint density at radius 3 is 1.89 bits per heavy atom. The summed E-state index contributed by atoms with van der Waals surface area (Å²) in [5.74, 6) is 0. The van der Waals surface area contributed by atoms with Crippen LogP contribution in [-0.2, 0) is 0 Å². The summed E-state index contributed by atoms with van der Waals surface area (Å²) >= 11 is 0. The molecule has 0 saturated heterocycles. The fraction of sp³-hybridized carbons (Fsp3) is 0.875. The van der Waals surface area contributed by atoms with Crippen molar-refractivity contribution < 1.29 is 0 Å². The molecule has 0 atom stereocenters. The first-order valence-electron chi connectivity index (χ1n) is 8.07. The summed E-state index contributed by atoms with van der Waals surface area (Å²) < 4.78 is 0. The molecule has 0 unspecified atom stereocenters. The Labute approximate surface area is 119 Å². The van der Waals surface area contributed by atoms with Crippen LogP contribution in [0.5, 0.6) is 0 Å². The number of azide groups is 1. The van der Waals surface area contributed by atoms with Crippen LogP contribution >= 0.6 is 0 Å². The van der Waals surface area contributed by atoms with Gasteiger partial charge in [0.2, 0.25) is 0 Å². The Morgan fingerprint density at radius 2 is 1.32 bits per heavy atom. The maximum atomic E-state index is 8.12. The van der Waals surface area contributed by atoms with Crippen LogP contribution < -0.4 is 0 Å². The van der Waals surface area contributed by atoms with Crippen molar-refractivity contribution in [3.8, 4) is 0 Å². The van der Waals surface area contributed by atoms with E-state index in [1.807, 2.05) is 0 Å². The molecule has 0 N–H and O–H groups in total. The molecule has 0 aliphatic heterocycles. The van der Waals surface area contributed by atoms with Gasteiger partial charge in [-0.05, 0) is 37.6 Å². The summed E-state index contributed by atoms with van der Waals surface area (Å²) in [7, 11) is 0. The van der Waals surface area contributed by atoms with Gasteiger partial charge in [0.1, 0.15) is 0 Å². The summed E-state index contributed by atoms with van der Waals surface area (Å²) in [6, 6.07) is 0. The van der Waals surface area contributed by atoms with Gasteiger partial charge in [-0.25, -0.2) is 0 Å². The van der Waals surface area contributed by atoms with Gasteiger partial charge in [0, 0.05) is 11.5 Å². The molecule has 0 spiro atoms. The number of hydrogen-bond donors (Lipinski definition) is 0. The Bertz CT molecular complexity index is 242. The maximum absolute atomic E-state index is 8.12. The van der Waals surface area contributed by atoms with Crippen LogP contribution in [0, 0.1) is 0 Å². The second-order valence-electron chi connectivity index (χ2n) is 5.19. The van der Waals surface area contributed by atoms with Crippen molar-refractivity contribution in [2.24, 2.45) is 5.11 Å². The van der Waals surface area contributed by atoms with Crippen molar-refractivity contribution >= 4 is 0 Å². The van der Waals surface area contributed by atoms with E-state index >= 15 is 0 Å². The number of rotatable bonds is 14. The molecule has 0 radical (unpaired) electrons. The fourth-order valence-electron chi connectivity index (χ4n) is 2.12. The summed E-state index contributed by atoms with van der Waals surface area (Å²) in [4.78, 5) is 2.75. The highest BCUT2D eigenvalue weighted by molar-refractivity contribution is 4.81. The van der Waals surface area contributed by atoms with Gasteiger partial charge >= 0.3 is 0 Å². The SMILES string of the molecule is CCCCCCCCC=CCCCCCCN=[N+]=[N-]. The van der Waals surface area contributed by atoms with E-state index in [2.05, 4.69) is 29.1 Å². The average molecular weight is 265 g/mol. The van der Waals surface area contributed by atoms with Gasteiger partial charge < -0.3 is 0 Å². The molecule has 19 heavy (non-hydrogen) atoms. The van der Waals surface area contributed by atoms with Crippen LogP contribution in [-0.4, -0.2) is 6.54 Å². The highest BCUT2D eigenvalue weighted by Crippen LogP contribution is 2.08. The van der Waals surface area contributed by atoms with Crippen molar-refractivity contribution in [2.75, 3.05) is 6.54 Å². The van der Waals surface area contributed by atoms with Crippen molar-refractivity contribution in [3.63, 3.8) is 0 Å². The van der Waals surface area contributed by atoms with Gasteiger partial charge in [-0.15, -0.1) is 0 Å². The topological polar surface area (TPSA) is 48.8 Å². The molecule has 0 aromatic rings. The third-order valence-corrected chi connectivity index (χ3v) is 3.33. The monoisotopic (exact) mass is 265 g/mol. The minimum absolute atomic E-state index is 0.657. The Kier molecular flexibility index (Phi) is 16.2. The van der Waals surface area contributed by atoms with Crippen molar-refractivity contribution in [2.45, 2.75) is 84.0 Å². The minimum atomic E-state index is 0.657. The molecule has 0 fully saturated rings. The molecule has 0 bridgehead atoms. The van der Waals surface area contributed by atoms with E-state index in [-0.39, 0.29) is 0 Å². The van der Waals surface area contributed by atoms with Gasteiger partial charge in [-0.3, -0.25) is 0 Å². The molecule has 0 rings (SSSR count). The van der Waals surface area contributed by atoms with Crippen LogP contribution in [0.4, 0.5) is 0 Å². The second kappa shape index (κ2) is 17.1.